The summed E-state index contributed by atoms with van der Waals surface area (Å²) in [6, 6.07) is 16.1. The molecule has 1 heterocycles. The van der Waals surface area contributed by atoms with Crippen molar-refractivity contribution in [2.75, 3.05) is 6.61 Å². The molecule has 0 saturated heterocycles. The molecule has 0 saturated carbocycles. The van der Waals surface area contributed by atoms with Crippen molar-refractivity contribution in [1.29, 1.82) is 5.26 Å². The van der Waals surface area contributed by atoms with Crippen molar-refractivity contribution in [2.24, 2.45) is 0 Å². The number of nitriles is 1. The molecular weight excluding hydrogens is 286 g/mol. The number of hydrogen-bond donors (Lipinski definition) is 1. The molecule has 1 aromatic heterocycles. The topological polar surface area (TPSA) is 61.8 Å². The molecule has 2 aromatic carbocycles. The average Bonchev–Trinajstić information content (AvgIpc) is 3.14. The van der Waals surface area contributed by atoms with Gasteiger partial charge in [-0.1, -0.05) is 18.2 Å². The molecule has 0 aliphatic heterocycles. The van der Waals surface area contributed by atoms with Crippen molar-refractivity contribution in [1.82, 2.24) is 9.55 Å². The maximum absolute atomic E-state index is 9.08. The molecule has 0 atom stereocenters. The Kier molecular flexibility index (Phi) is 4.51. The van der Waals surface area contributed by atoms with E-state index in [-0.39, 0.29) is 6.61 Å². The van der Waals surface area contributed by atoms with Crippen LogP contribution in [0.1, 0.15) is 17.5 Å². The highest BCUT2D eigenvalue weighted by molar-refractivity contribution is 5.69. The Morgan fingerprint density at radius 2 is 1.96 bits per heavy atom. The van der Waals surface area contributed by atoms with E-state index < -0.39 is 0 Å². The molecule has 4 heteroatoms. The zero-order chi connectivity index (χ0) is 16.1. The standard InChI is InChI=1S/C19H17N3O/c20-13-15-3-8-19(17(12-15)2-1-11-23)16-4-6-18(7-5-16)22-10-9-21-14-22/h3-10,12,14,23H,1-2,11H2. The third-order valence-corrected chi connectivity index (χ3v) is 3.82. The van der Waals surface area contributed by atoms with Crippen molar-refractivity contribution < 1.29 is 5.11 Å². The number of aromatic nitrogens is 2. The van der Waals surface area contributed by atoms with Crippen LogP contribution in [0.2, 0.25) is 0 Å². The van der Waals surface area contributed by atoms with Crippen LogP contribution in [0.15, 0.2) is 61.2 Å². The minimum Gasteiger partial charge on any atom is -0.396 e. The van der Waals surface area contributed by atoms with Crippen LogP contribution in [0, 0.1) is 11.3 Å². The molecule has 0 fully saturated rings. The van der Waals surface area contributed by atoms with Gasteiger partial charge in [0.05, 0.1) is 18.0 Å². The van der Waals surface area contributed by atoms with Gasteiger partial charge in [-0.15, -0.1) is 0 Å². The fourth-order valence-electron chi connectivity index (χ4n) is 2.65. The number of nitrogens with zero attached hydrogens (tertiary/aromatic N) is 3. The van der Waals surface area contributed by atoms with Crippen LogP contribution in [0.5, 0.6) is 0 Å². The lowest BCUT2D eigenvalue weighted by Gasteiger charge is -2.11. The summed E-state index contributed by atoms with van der Waals surface area (Å²) < 4.78 is 1.95. The van der Waals surface area contributed by atoms with E-state index in [1.807, 2.05) is 41.1 Å². The van der Waals surface area contributed by atoms with Gasteiger partial charge >= 0.3 is 0 Å². The molecule has 3 rings (SSSR count). The number of imidazole rings is 1. The van der Waals surface area contributed by atoms with Gasteiger partial charge in [-0.05, 0) is 53.8 Å². The normalized spacial score (nSPS) is 10.4. The molecule has 3 aromatic rings. The summed E-state index contributed by atoms with van der Waals surface area (Å²) in [5, 5.41) is 18.2. The van der Waals surface area contributed by atoms with E-state index in [9.17, 15) is 0 Å². The van der Waals surface area contributed by atoms with E-state index in [0.29, 0.717) is 12.0 Å². The first-order valence-corrected chi connectivity index (χ1v) is 7.54. The highest BCUT2D eigenvalue weighted by atomic mass is 16.2. The van der Waals surface area contributed by atoms with Crippen LogP contribution in [0.25, 0.3) is 16.8 Å². The molecule has 0 spiro atoms. The van der Waals surface area contributed by atoms with Crippen molar-refractivity contribution >= 4 is 0 Å². The summed E-state index contributed by atoms with van der Waals surface area (Å²) in [6.07, 6.45) is 6.87. The first-order chi connectivity index (χ1) is 11.3. The van der Waals surface area contributed by atoms with Crippen LogP contribution in [0.4, 0.5) is 0 Å². The second kappa shape index (κ2) is 6.91. The number of aliphatic hydroxyl groups is 1. The Bertz CT molecular complexity index is 815. The Morgan fingerprint density at radius 3 is 2.61 bits per heavy atom. The predicted octanol–water partition coefficient (Wildman–Crippen LogP) is 3.34. The summed E-state index contributed by atoms with van der Waals surface area (Å²) in [5.74, 6) is 0. The van der Waals surface area contributed by atoms with Gasteiger partial charge in [0.25, 0.3) is 0 Å². The Hall–Kier alpha value is -2.90. The van der Waals surface area contributed by atoms with Gasteiger partial charge in [-0.25, -0.2) is 4.98 Å². The van der Waals surface area contributed by atoms with Crippen LogP contribution >= 0.6 is 0 Å². The molecule has 4 nitrogen and oxygen atoms in total. The van der Waals surface area contributed by atoms with Gasteiger partial charge in [0.2, 0.25) is 0 Å². The number of aryl methyl sites for hydroxylation is 1. The predicted molar refractivity (Wildman–Crippen MR) is 89.1 cm³/mol. The third-order valence-electron chi connectivity index (χ3n) is 3.82. The molecule has 0 aliphatic rings. The Morgan fingerprint density at radius 1 is 1.13 bits per heavy atom. The highest BCUT2D eigenvalue weighted by Gasteiger charge is 2.07. The van der Waals surface area contributed by atoms with E-state index in [0.717, 1.165) is 28.8 Å². The van der Waals surface area contributed by atoms with E-state index >= 15 is 0 Å². The molecular formula is C19H17N3O. The van der Waals surface area contributed by atoms with Crippen LogP contribution < -0.4 is 0 Å². The van der Waals surface area contributed by atoms with Gasteiger partial charge in [0, 0.05) is 24.7 Å². The van der Waals surface area contributed by atoms with Crippen molar-refractivity contribution in [3.63, 3.8) is 0 Å². The van der Waals surface area contributed by atoms with Crippen molar-refractivity contribution in [2.45, 2.75) is 12.8 Å². The lowest BCUT2D eigenvalue weighted by Crippen LogP contribution is -1.95. The summed E-state index contributed by atoms with van der Waals surface area (Å²) in [5.41, 5.74) is 5.00. The molecule has 114 valence electrons. The highest BCUT2D eigenvalue weighted by Crippen LogP contribution is 2.27. The average molecular weight is 303 g/mol. The van der Waals surface area contributed by atoms with E-state index in [2.05, 4.69) is 23.2 Å². The number of hydrogen-bond acceptors (Lipinski definition) is 3. The number of aliphatic hydroxyl groups excluding tert-OH is 1. The van der Waals surface area contributed by atoms with Gasteiger partial charge in [0.15, 0.2) is 0 Å². The molecule has 0 unspecified atom stereocenters. The lowest BCUT2D eigenvalue weighted by molar-refractivity contribution is 0.288. The molecule has 1 N–H and O–H groups in total. The largest absolute Gasteiger partial charge is 0.396 e. The monoisotopic (exact) mass is 303 g/mol. The van der Waals surface area contributed by atoms with Crippen LogP contribution in [0.3, 0.4) is 0 Å². The van der Waals surface area contributed by atoms with E-state index in [1.54, 1.807) is 12.5 Å². The van der Waals surface area contributed by atoms with Crippen LogP contribution in [-0.4, -0.2) is 21.3 Å². The smallest absolute Gasteiger partial charge is 0.0991 e. The van der Waals surface area contributed by atoms with Gasteiger partial charge < -0.3 is 9.67 Å². The first-order valence-electron chi connectivity index (χ1n) is 7.54. The third kappa shape index (κ3) is 3.31. The molecule has 0 amide bonds. The summed E-state index contributed by atoms with van der Waals surface area (Å²) in [7, 11) is 0. The quantitative estimate of drug-likeness (QED) is 0.786. The second-order valence-electron chi connectivity index (χ2n) is 5.33. The number of benzene rings is 2. The van der Waals surface area contributed by atoms with Crippen LogP contribution in [-0.2, 0) is 6.42 Å². The van der Waals surface area contributed by atoms with E-state index in [4.69, 9.17) is 10.4 Å². The summed E-state index contributed by atoms with van der Waals surface area (Å²) in [4.78, 5) is 4.05. The maximum Gasteiger partial charge on any atom is 0.0991 e. The molecule has 0 bridgehead atoms. The summed E-state index contributed by atoms with van der Waals surface area (Å²) >= 11 is 0. The second-order valence-corrected chi connectivity index (χ2v) is 5.33. The first kappa shape index (κ1) is 15.0. The minimum absolute atomic E-state index is 0.149. The molecule has 0 aliphatic carbocycles. The number of rotatable bonds is 5. The molecule has 23 heavy (non-hydrogen) atoms. The SMILES string of the molecule is N#Cc1ccc(-c2ccc(-n3ccnc3)cc2)c(CCCO)c1. The van der Waals surface area contributed by atoms with Crippen molar-refractivity contribution in [3.8, 4) is 22.9 Å². The minimum atomic E-state index is 0.149. The summed E-state index contributed by atoms with van der Waals surface area (Å²) in [6.45, 7) is 0.149. The lowest BCUT2D eigenvalue weighted by atomic mass is 9.95. The Balaban J connectivity index is 1.95. The van der Waals surface area contributed by atoms with Gasteiger partial charge in [0.1, 0.15) is 0 Å². The zero-order valence-corrected chi connectivity index (χ0v) is 12.7. The Labute approximate surface area is 135 Å². The fraction of sp³-hybridized carbons (Fsp3) is 0.158. The zero-order valence-electron chi connectivity index (χ0n) is 12.7. The fourth-order valence-corrected chi connectivity index (χ4v) is 2.65. The van der Waals surface area contributed by atoms with Crippen molar-refractivity contribution in [3.05, 3.63) is 72.3 Å². The van der Waals surface area contributed by atoms with Gasteiger partial charge in [-0.3, -0.25) is 0 Å². The van der Waals surface area contributed by atoms with Gasteiger partial charge in [-0.2, -0.15) is 5.26 Å². The maximum atomic E-state index is 9.08. The molecule has 0 radical (unpaired) electrons. The van der Waals surface area contributed by atoms with E-state index in [1.165, 1.54) is 0 Å².